The molecule has 2 atom stereocenters. The fourth-order valence-electron chi connectivity index (χ4n) is 1.69. The van der Waals surface area contributed by atoms with Gasteiger partial charge >= 0.3 is 0 Å². The Balaban J connectivity index is 1.67. The van der Waals surface area contributed by atoms with Gasteiger partial charge in [0.25, 0.3) is 0 Å². The third-order valence-corrected chi connectivity index (χ3v) is 3.14. The topological polar surface area (TPSA) is 39.6 Å². The highest BCUT2D eigenvalue weighted by Gasteiger charge is 2.34. The predicted octanol–water partition coefficient (Wildman–Crippen LogP) is 2.69. The first-order valence-corrected chi connectivity index (χ1v) is 6.20. The predicted molar refractivity (Wildman–Crippen MR) is 68.4 cm³/mol. The highest BCUT2D eigenvalue weighted by molar-refractivity contribution is 6.30. The van der Waals surface area contributed by atoms with Gasteiger partial charge in [0, 0.05) is 17.3 Å². The smallest absolute Gasteiger partial charge is 0.233 e. The maximum Gasteiger partial charge on any atom is 0.233 e. The molecule has 3 rings (SSSR count). The van der Waals surface area contributed by atoms with E-state index < -0.39 is 0 Å². The van der Waals surface area contributed by atoms with Crippen LogP contribution < -0.4 is 4.74 Å². The quantitative estimate of drug-likeness (QED) is 0.797. The van der Waals surface area contributed by atoms with Crippen LogP contribution >= 0.6 is 11.6 Å². The van der Waals surface area contributed by atoms with Crippen molar-refractivity contribution in [2.75, 3.05) is 6.61 Å². The number of halogens is 1. The van der Waals surface area contributed by atoms with Crippen LogP contribution in [0.5, 0.6) is 5.88 Å². The molecule has 2 aromatic rings. The molecule has 1 saturated heterocycles. The molecule has 1 aromatic carbocycles. The van der Waals surface area contributed by atoms with Crippen LogP contribution in [-0.4, -0.2) is 28.6 Å². The number of aromatic nitrogens is 2. The lowest BCUT2D eigenvalue weighted by atomic mass is 10.3. The summed E-state index contributed by atoms with van der Waals surface area (Å²) in [4.78, 5) is 0. The largest absolute Gasteiger partial charge is 0.474 e. The van der Waals surface area contributed by atoms with Crippen molar-refractivity contribution in [3.05, 3.63) is 41.6 Å². The number of rotatable bonds is 4. The van der Waals surface area contributed by atoms with E-state index in [1.165, 1.54) is 0 Å². The number of nitrogens with zero attached hydrogens (tertiary/aromatic N) is 2. The van der Waals surface area contributed by atoms with Gasteiger partial charge in [0.15, 0.2) is 0 Å². The van der Waals surface area contributed by atoms with Gasteiger partial charge in [0.2, 0.25) is 5.88 Å². The van der Waals surface area contributed by atoms with Crippen LogP contribution in [0.15, 0.2) is 36.5 Å². The monoisotopic (exact) mass is 264 g/mol. The average molecular weight is 265 g/mol. The molecule has 1 aromatic heterocycles. The van der Waals surface area contributed by atoms with Gasteiger partial charge in [-0.15, -0.1) is 5.10 Å². The van der Waals surface area contributed by atoms with Crippen molar-refractivity contribution >= 4 is 11.6 Å². The first-order valence-electron chi connectivity index (χ1n) is 5.82. The first kappa shape index (κ1) is 11.6. The van der Waals surface area contributed by atoms with Crippen LogP contribution in [0.1, 0.15) is 6.92 Å². The Morgan fingerprint density at radius 3 is 2.72 bits per heavy atom. The molecular weight excluding hydrogens is 252 g/mol. The van der Waals surface area contributed by atoms with Crippen molar-refractivity contribution in [1.29, 1.82) is 0 Å². The summed E-state index contributed by atoms with van der Waals surface area (Å²) in [6.45, 7) is 2.58. The summed E-state index contributed by atoms with van der Waals surface area (Å²) in [5, 5.41) is 5.04. The molecule has 0 amide bonds. The number of hydrogen-bond donors (Lipinski definition) is 0. The van der Waals surface area contributed by atoms with Crippen molar-refractivity contribution in [1.82, 2.24) is 9.78 Å². The zero-order chi connectivity index (χ0) is 12.5. The van der Waals surface area contributed by atoms with Crippen LogP contribution in [0.3, 0.4) is 0 Å². The van der Waals surface area contributed by atoms with E-state index in [1.54, 1.807) is 4.68 Å². The third-order valence-electron chi connectivity index (χ3n) is 2.89. The molecule has 0 N–H and O–H groups in total. The second-order valence-corrected chi connectivity index (χ2v) is 4.70. The fraction of sp³-hybridized carbons (Fsp3) is 0.308. The van der Waals surface area contributed by atoms with E-state index in [4.69, 9.17) is 21.1 Å². The van der Waals surface area contributed by atoms with Crippen LogP contribution in [0, 0.1) is 0 Å². The van der Waals surface area contributed by atoms with E-state index in [2.05, 4.69) is 5.10 Å². The highest BCUT2D eigenvalue weighted by atomic mass is 35.5. The Bertz CT molecular complexity index is 538. The molecule has 94 valence electrons. The van der Waals surface area contributed by atoms with Crippen LogP contribution in [0.25, 0.3) is 5.69 Å². The van der Waals surface area contributed by atoms with Crippen LogP contribution in [0.4, 0.5) is 0 Å². The maximum atomic E-state index is 5.84. The Labute approximate surface area is 110 Å². The Kier molecular flexibility index (Phi) is 2.97. The van der Waals surface area contributed by atoms with Crippen molar-refractivity contribution in [3.63, 3.8) is 0 Å². The van der Waals surface area contributed by atoms with E-state index in [9.17, 15) is 0 Å². The fourth-order valence-corrected chi connectivity index (χ4v) is 1.82. The van der Waals surface area contributed by atoms with E-state index in [1.807, 2.05) is 43.5 Å². The molecule has 18 heavy (non-hydrogen) atoms. The molecule has 1 aliphatic rings. The van der Waals surface area contributed by atoms with Crippen LogP contribution in [-0.2, 0) is 4.74 Å². The molecule has 2 unspecified atom stereocenters. The number of benzene rings is 1. The Morgan fingerprint density at radius 1 is 1.33 bits per heavy atom. The lowest BCUT2D eigenvalue weighted by Gasteiger charge is -2.01. The molecule has 0 aliphatic carbocycles. The summed E-state index contributed by atoms with van der Waals surface area (Å²) in [5.41, 5.74) is 0.949. The minimum Gasteiger partial charge on any atom is -0.474 e. The summed E-state index contributed by atoms with van der Waals surface area (Å²) >= 11 is 5.84. The molecule has 1 fully saturated rings. The first-order chi connectivity index (χ1) is 8.72. The molecule has 1 aliphatic heterocycles. The number of epoxide rings is 1. The third kappa shape index (κ3) is 2.49. The SMILES string of the molecule is CC1OC1COc1ccn(-c2ccc(Cl)cc2)n1. The minimum atomic E-state index is 0.214. The summed E-state index contributed by atoms with van der Waals surface area (Å²) in [6, 6.07) is 9.32. The molecule has 2 heterocycles. The second kappa shape index (κ2) is 4.63. The molecule has 4 nitrogen and oxygen atoms in total. The standard InChI is InChI=1S/C13H13ClN2O2/c1-9-12(18-9)8-17-13-6-7-16(15-13)11-4-2-10(14)3-5-11/h2-7,9,12H,8H2,1H3. The summed E-state index contributed by atoms with van der Waals surface area (Å²) in [6.07, 6.45) is 2.38. The van der Waals surface area contributed by atoms with Gasteiger partial charge in [-0.25, -0.2) is 4.68 Å². The van der Waals surface area contributed by atoms with Crippen molar-refractivity contribution < 1.29 is 9.47 Å². The summed E-state index contributed by atoms with van der Waals surface area (Å²) < 4.78 is 12.6. The number of ether oxygens (including phenoxy) is 2. The van der Waals surface area contributed by atoms with Gasteiger partial charge in [-0.3, -0.25) is 0 Å². The normalized spacial score (nSPS) is 21.9. The molecule has 0 radical (unpaired) electrons. The minimum absolute atomic E-state index is 0.214. The van der Waals surface area contributed by atoms with Crippen molar-refractivity contribution in [2.24, 2.45) is 0 Å². The summed E-state index contributed by atoms with van der Waals surface area (Å²) in [5.74, 6) is 0.604. The van der Waals surface area contributed by atoms with Gasteiger partial charge < -0.3 is 9.47 Å². The van der Waals surface area contributed by atoms with Crippen LogP contribution in [0.2, 0.25) is 5.02 Å². The van der Waals surface area contributed by atoms with E-state index in [0.29, 0.717) is 23.6 Å². The van der Waals surface area contributed by atoms with E-state index in [-0.39, 0.29) is 6.10 Å². The lowest BCUT2D eigenvalue weighted by Crippen LogP contribution is -2.07. The molecule has 0 bridgehead atoms. The maximum absolute atomic E-state index is 5.84. The highest BCUT2D eigenvalue weighted by Crippen LogP contribution is 2.22. The van der Waals surface area contributed by atoms with E-state index in [0.717, 1.165) is 5.69 Å². The van der Waals surface area contributed by atoms with E-state index >= 15 is 0 Å². The van der Waals surface area contributed by atoms with Gasteiger partial charge in [-0.2, -0.15) is 0 Å². The van der Waals surface area contributed by atoms with Gasteiger partial charge in [-0.05, 0) is 31.2 Å². The number of hydrogen-bond acceptors (Lipinski definition) is 3. The zero-order valence-corrected chi connectivity index (χ0v) is 10.7. The molecule has 5 heteroatoms. The Morgan fingerprint density at radius 2 is 2.06 bits per heavy atom. The zero-order valence-electron chi connectivity index (χ0n) is 9.91. The Hall–Kier alpha value is -1.52. The van der Waals surface area contributed by atoms with Crippen molar-refractivity contribution in [3.8, 4) is 11.6 Å². The molecular formula is C13H13ClN2O2. The lowest BCUT2D eigenvalue weighted by molar-refractivity contribution is 0.252. The van der Waals surface area contributed by atoms with Crippen molar-refractivity contribution in [2.45, 2.75) is 19.1 Å². The van der Waals surface area contributed by atoms with Gasteiger partial charge in [-0.1, -0.05) is 11.6 Å². The molecule has 0 spiro atoms. The summed E-state index contributed by atoms with van der Waals surface area (Å²) in [7, 11) is 0. The second-order valence-electron chi connectivity index (χ2n) is 4.27. The van der Waals surface area contributed by atoms with Gasteiger partial charge in [0.05, 0.1) is 11.8 Å². The average Bonchev–Trinajstić information content (AvgIpc) is 2.89. The molecule has 0 saturated carbocycles. The van der Waals surface area contributed by atoms with Gasteiger partial charge in [0.1, 0.15) is 12.7 Å².